The molecule has 0 radical (unpaired) electrons. The van der Waals surface area contributed by atoms with Crippen molar-refractivity contribution in [2.24, 2.45) is 16.1 Å². The van der Waals surface area contributed by atoms with Gasteiger partial charge in [-0.3, -0.25) is 4.99 Å². The van der Waals surface area contributed by atoms with E-state index in [-0.39, 0.29) is 0 Å². The number of allylic oxidation sites excluding steroid dienone is 1. The molecule has 2 fully saturated rings. The summed E-state index contributed by atoms with van der Waals surface area (Å²) in [6.07, 6.45) is 9.64. The Bertz CT molecular complexity index is 273. The second-order valence-electron chi connectivity index (χ2n) is 5.21. The molecule has 0 aromatic rings. The third kappa shape index (κ3) is 2.39. The highest BCUT2D eigenvalue weighted by Gasteiger charge is 2.32. The predicted octanol–water partition coefficient (Wildman–Crippen LogP) is 2.14. The van der Waals surface area contributed by atoms with Gasteiger partial charge in [0, 0.05) is 19.6 Å². The van der Waals surface area contributed by atoms with Crippen molar-refractivity contribution in [3.05, 3.63) is 12.7 Å². The zero-order chi connectivity index (χ0) is 11.4. The summed E-state index contributed by atoms with van der Waals surface area (Å²) in [4.78, 5) is 6.75. The fraction of sp³-hybridized carbons (Fsp3) is 0.769. The molecule has 1 saturated heterocycles. The van der Waals surface area contributed by atoms with E-state index >= 15 is 0 Å². The van der Waals surface area contributed by atoms with Crippen LogP contribution in [0.1, 0.15) is 38.5 Å². The van der Waals surface area contributed by atoms with Crippen LogP contribution in [0.4, 0.5) is 0 Å². The molecule has 0 bridgehead atoms. The quantitative estimate of drug-likeness (QED) is 0.449. The van der Waals surface area contributed by atoms with Crippen molar-refractivity contribution in [3.63, 3.8) is 0 Å². The van der Waals surface area contributed by atoms with Gasteiger partial charge in [0.25, 0.3) is 0 Å². The molecule has 1 aliphatic carbocycles. The van der Waals surface area contributed by atoms with E-state index in [2.05, 4.69) is 16.5 Å². The van der Waals surface area contributed by atoms with Gasteiger partial charge in [-0.2, -0.15) is 0 Å². The average molecular weight is 221 g/mol. The lowest BCUT2D eigenvalue weighted by molar-refractivity contribution is 0.285. The molecule has 0 aromatic heterocycles. The SMILES string of the molecule is C=CCC1(CN=C(N)N2CCC2)CCCC1. The van der Waals surface area contributed by atoms with Crippen LogP contribution in [0.3, 0.4) is 0 Å². The topological polar surface area (TPSA) is 41.6 Å². The highest BCUT2D eigenvalue weighted by molar-refractivity contribution is 5.78. The summed E-state index contributed by atoms with van der Waals surface area (Å²) >= 11 is 0. The second kappa shape index (κ2) is 4.89. The number of aliphatic imine (C=N–C) groups is 1. The van der Waals surface area contributed by atoms with E-state index in [1.165, 1.54) is 32.1 Å². The maximum Gasteiger partial charge on any atom is 0.191 e. The largest absolute Gasteiger partial charge is 0.370 e. The van der Waals surface area contributed by atoms with Gasteiger partial charge in [0.15, 0.2) is 5.96 Å². The predicted molar refractivity (Wildman–Crippen MR) is 68.4 cm³/mol. The third-order valence-corrected chi connectivity index (χ3v) is 4.00. The van der Waals surface area contributed by atoms with E-state index in [9.17, 15) is 0 Å². The summed E-state index contributed by atoms with van der Waals surface area (Å²) in [5, 5.41) is 0. The Morgan fingerprint density at radius 3 is 2.50 bits per heavy atom. The molecule has 1 heterocycles. The molecule has 1 aliphatic heterocycles. The minimum Gasteiger partial charge on any atom is -0.370 e. The Hall–Kier alpha value is -0.990. The van der Waals surface area contributed by atoms with Gasteiger partial charge in [-0.15, -0.1) is 6.58 Å². The maximum atomic E-state index is 5.96. The van der Waals surface area contributed by atoms with Gasteiger partial charge in [0.2, 0.25) is 0 Å². The zero-order valence-electron chi connectivity index (χ0n) is 10.1. The summed E-state index contributed by atoms with van der Waals surface area (Å²) in [6.45, 7) is 6.93. The van der Waals surface area contributed by atoms with Gasteiger partial charge >= 0.3 is 0 Å². The van der Waals surface area contributed by atoms with Gasteiger partial charge < -0.3 is 10.6 Å². The molecule has 0 amide bonds. The van der Waals surface area contributed by atoms with Crippen molar-refractivity contribution in [2.75, 3.05) is 19.6 Å². The molecule has 3 heteroatoms. The van der Waals surface area contributed by atoms with Crippen LogP contribution in [0, 0.1) is 5.41 Å². The molecular formula is C13H23N3. The van der Waals surface area contributed by atoms with E-state index < -0.39 is 0 Å². The normalized spacial score (nSPS) is 24.2. The summed E-state index contributed by atoms with van der Waals surface area (Å²) < 4.78 is 0. The molecule has 0 spiro atoms. The van der Waals surface area contributed by atoms with Crippen molar-refractivity contribution in [3.8, 4) is 0 Å². The summed E-state index contributed by atoms with van der Waals surface area (Å²) in [5.74, 6) is 0.751. The smallest absolute Gasteiger partial charge is 0.191 e. The van der Waals surface area contributed by atoms with Crippen LogP contribution in [-0.4, -0.2) is 30.5 Å². The van der Waals surface area contributed by atoms with Crippen LogP contribution < -0.4 is 5.73 Å². The van der Waals surface area contributed by atoms with Crippen molar-refractivity contribution in [2.45, 2.75) is 38.5 Å². The molecule has 0 unspecified atom stereocenters. The monoisotopic (exact) mass is 221 g/mol. The van der Waals surface area contributed by atoms with Crippen LogP contribution in [0.15, 0.2) is 17.6 Å². The number of rotatable bonds is 4. The molecule has 90 valence electrons. The first-order valence-electron chi connectivity index (χ1n) is 6.42. The molecule has 2 N–H and O–H groups in total. The van der Waals surface area contributed by atoms with Crippen molar-refractivity contribution < 1.29 is 0 Å². The van der Waals surface area contributed by atoms with Gasteiger partial charge in [-0.25, -0.2) is 0 Å². The Balaban J connectivity index is 1.92. The molecule has 2 aliphatic rings. The average Bonchev–Trinajstić information content (AvgIpc) is 2.62. The fourth-order valence-electron chi connectivity index (χ4n) is 2.75. The molecule has 0 aromatic carbocycles. The lowest BCUT2D eigenvalue weighted by Crippen LogP contribution is -2.46. The molecule has 0 atom stereocenters. The van der Waals surface area contributed by atoms with E-state index in [0.717, 1.165) is 32.0 Å². The fourth-order valence-corrected chi connectivity index (χ4v) is 2.75. The van der Waals surface area contributed by atoms with Gasteiger partial charge in [0.05, 0.1) is 0 Å². The van der Waals surface area contributed by atoms with Crippen LogP contribution in [0.5, 0.6) is 0 Å². The minimum absolute atomic E-state index is 0.372. The van der Waals surface area contributed by atoms with Crippen molar-refractivity contribution >= 4 is 5.96 Å². The Morgan fingerprint density at radius 2 is 2.00 bits per heavy atom. The molecule has 16 heavy (non-hydrogen) atoms. The number of nitrogens with two attached hydrogens (primary N) is 1. The lowest BCUT2D eigenvalue weighted by Gasteiger charge is -2.33. The Morgan fingerprint density at radius 1 is 1.31 bits per heavy atom. The minimum atomic E-state index is 0.372. The third-order valence-electron chi connectivity index (χ3n) is 4.00. The number of guanidine groups is 1. The van der Waals surface area contributed by atoms with E-state index in [0.29, 0.717) is 5.41 Å². The van der Waals surface area contributed by atoms with Crippen LogP contribution in [-0.2, 0) is 0 Å². The Labute approximate surface area is 98.4 Å². The lowest BCUT2D eigenvalue weighted by atomic mass is 9.83. The number of likely N-dealkylation sites (tertiary alicyclic amines) is 1. The standard InChI is InChI=1S/C13H23N3/c1-2-6-13(7-3-4-8-13)11-15-12(14)16-9-5-10-16/h2H,1,3-11H2,(H2,14,15). The summed E-state index contributed by atoms with van der Waals surface area (Å²) in [6, 6.07) is 0. The highest BCUT2D eigenvalue weighted by Crippen LogP contribution is 2.41. The first-order valence-corrected chi connectivity index (χ1v) is 6.42. The summed E-state index contributed by atoms with van der Waals surface area (Å²) in [5.41, 5.74) is 6.33. The Kier molecular flexibility index (Phi) is 3.52. The van der Waals surface area contributed by atoms with E-state index in [1.54, 1.807) is 0 Å². The molecule has 1 saturated carbocycles. The van der Waals surface area contributed by atoms with Crippen molar-refractivity contribution in [1.29, 1.82) is 0 Å². The molecular weight excluding hydrogens is 198 g/mol. The van der Waals surface area contributed by atoms with Crippen LogP contribution in [0.25, 0.3) is 0 Å². The van der Waals surface area contributed by atoms with Gasteiger partial charge in [0.1, 0.15) is 0 Å². The zero-order valence-corrected chi connectivity index (χ0v) is 10.1. The number of nitrogens with zero attached hydrogens (tertiary/aromatic N) is 2. The van der Waals surface area contributed by atoms with E-state index in [4.69, 9.17) is 5.73 Å². The highest BCUT2D eigenvalue weighted by atomic mass is 15.3. The molecule has 2 rings (SSSR count). The first kappa shape index (κ1) is 11.5. The number of hydrogen-bond donors (Lipinski definition) is 1. The molecule has 3 nitrogen and oxygen atoms in total. The van der Waals surface area contributed by atoms with Crippen LogP contribution in [0.2, 0.25) is 0 Å². The number of hydrogen-bond acceptors (Lipinski definition) is 1. The van der Waals surface area contributed by atoms with E-state index in [1.807, 2.05) is 6.08 Å². The second-order valence-corrected chi connectivity index (χ2v) is 5.21. The van der Waals surface area contributed by atoms with Crippen molar-refractivity contribution in [1.82, 2.24) is 4.90 Å². The van der Waals surface area contributed by atoms with Gasteiger partial charge in [-0.1, -0.05) is 18.9 Å². The first-order chi connectivity index (χ1) is 7.76. The maximum absolute atomic E-state index is 5.96. The summed E-state index contributed by atoms with van der Waals surface area (Å²) in [7, 11) is 0. The van der Waals surface area contributed by atoms with Crippen LogP contribution >= 0.6 is 0 Å². The van der Waals surface area contributed by atoms with Gasteiger partial charge in [-0.05, 0) is 31.1 Å².